The van der Waals surface area contributed by atoms with Gasteiger partial charge in [0.15, 0.2) is 0 Å². The molecule has 0 aromatic carbocycles. The molecule has 0 bridgehead atoms. The molecule has 0 spiro atoms. The zero-order valence-corrected chi connectivity index (χ0v) is 12.6. The molecule has 6 heteroatoms. The number of nitrogens with zero attached hydrogens (tertiary/aromatic N) is 3. The molecule has 112 valence electrons. The van der Waals surface area contributed by atoms with E-state index in [9.17, 15) is 0 Å². The average molecular weight is 287 g/mol. The number of aromatic nitrogens is 2. The van der Waals surface area contributed by atoms with Crippen molar-refractivity contribution in [3.63, 3.8) is 0 Å². The fraction of sp³-hybridized carbons (Fsp3) is 0.333. The summed E-state index contributed by atoms with van der Waals surface area (Å²) in [5.74, 6) is 1.15. The summed E-state index contributed by atoms with van der Waals surface area (Å²) in [6.45, 7) is 6.46. The number of oxime groups is 1. The third-order valence-electron chi connectivity index (χ3n) is 2.39. The lowest BCUT2D eigenvalue weighted by Crippen LogP contribution is -2.09. The second-order valence-electron chi connectivity index (χ2n) is 4.50. The summed E-state index contributed by atoms with van der Waals surface area (Å²) in [4.78, 5) is 13.4. The van der Waals surface area contributed by atoms with Gasteiger partial charge in [-0.3, -0.25) is 0 Å². The fourth-order valence-corrected chi connectivity index (χ4v) is 1.36. The van der Waals surface area contributed by atoms with Crippen LogP contribution in [0.15, 0.2) is 42.0 Å². The Labute approximate surface area is 125 Å². The Morgan fingerprint density at radius 3 is 3.00 bits per heavy atom. The third-order valence-corrected chi connectivity index (χ3v) is 2.39. The van der Waals surface area contributed by atoms with Crippen molar-refractivity contribution in [3.05, 3.63) is 48.4 Å². The molecule has 0 aliphatic heterocycles. The van der Waals surface area contributed by atoms with Crippen molar-refractivity contribution in [1.82, 2.24) is 15.3 Å². The summed E-state index contributed by atoms with van der Waals surface area (Å²) in [6, 6.07) is 1.87. The molecule has 0 saturated carbocycles. The van der Waals surface area contributed by atoms with Crippen LogP contribution in [0.3, 0.4) is 0 Å². The van der Waals surface area contributed by atoms with E-state index in [4.69, 9.17) is 10.2 Å². The monoisotopic (exact) mass is 287 g/mol. The molecule has 0 unspecified atom stereocenters. The van der Waals surface area contributed by atoms with E-state index in [1.165, 1.54) is 18.6 Å². The van der Waals surface area contributed by atoms with Gasteiger partial charge in [-0.2, -0.15) is 0 Å². The lowest BCUT2D eigenvalue weighted by molar-refractivity contribution is 0.270. The lowest BCUT2D eigenvalue weighted by atomic mass is 10.2. The van der Waals surface area contributed by atoms with Crippen molar-refractivity contribution in [3.8, 4) is 0 Å². The van der Waals surface area contributed by atoms with Gasteiger partial charge in [-0.25, -0.2) is 9.97 Å². The van der Waals surface area contributed by atoms with Crippen LogP contribution in [0.25, 0.3) is 0 Å². The Balaban J connectivity index is 2.39. The molecule has 0 atom stereocenters. The van der Waals surface area contributed by atoms with E-state index in [-0.39, 0.29) is 0 Å². The number of rotatable bonds is 8. The maximum Gasteiger partial charge on any atom is 0.131 e. The molecule has 6 nitrogen and oxygen atoms in total. The summed E-state index contributed by atoms with van der Waals surface area (Å²) in [5, 5.41) is 14.3. The van der Waals surface area contributed by atoms with Gasteiger partial charge in [0.25, 0.3) is 0 Å². The van der Waals surface area contributed by atoms with E-state index in [2.05, 4.69) is 34.3 Å². The van der Waals surface area contributed by atoms with Gasteiger partial charge >= 0.3 is 0 Å². The van der Waals surface area contributed by atoms with Crippen LogP contribution in [0.2, 0.25) is 0 Å². The van der Waals surface area contributed by atoms with E-state index < -0.39 is 0 Å². The number of allylic oxidation sites excluding steroid dienone is 2. The number of hydrogen-bond acceptors (Lipinski definition) is 6. The van der Waals surface area contributed by atoms with E-state index in [1.807, 2.05) is 6.07 Å². The van der Waals surface area contributed by atoms with Crippen LogP contribution in [0.1, 0.15) is 38.2 Å². The van der Waals surface area contributed by atoms with Crippen LogP contribution in [-0.4, -0.2) is 21.9 Å². The van der Waals surface area contributed by atoms with Crippen molar-refractivity contribution in [2.45, 2.75) is 33.2 Å². The van der Waals surface area contributed by atoms with Crippen LogP contribution < -0.4 is 5.32 Å². The minimum Gasteiger partial charge on any atom is -0.385 e. The number of nitrogens with one attached hydrogen (secondary N) is 2. The van der Waals surface area contributed by atoms with E-state index in [1.54, 1.807) is 25.4 Å². The Morgan fingerprint density at radius 2 is 2.29 bits per heavy atom. The van der Waals surface area contributed by atoms with Gasteiger partial charge in [0.2, 0.25) is 0 Å². The maximum atomic E-state index is 7.63. The molecule has 1 rings (SSSR count). The van der Waals surface area contributed by atoms with Crippen molar-refractivity contribution in [2.24, 2.45) is 5.16 Å². The first-order valence-electron chi connectivity index (χ1n) is 6.74. The van der Waals surface area contributed by atoms with Gasteiger partial charge in [-0.05, 0) is 25.3 Å². The average Bonchev–Trinajstić information content (AvgIpc) is 2.48. The molecule has 0 amide bonds. The van der Waals surface area contributed by atoms with Crippen LogP contribution in [-0.2, 0) is 11.4 Å². The van der Waals surface area contributed by atoms with Crippen LogP contribution >= 0.6 is 0 Å². The molecule has 1 aromatic rings. The first-order chi connectivity index (χ1) is 10.1. The Bertz CT molecular complexity index is 535. The second-order valence-corrected chi connectivity index (χ2v) is 4.50. The SMILES string of the molecule is C/C=N/O/C=C/C(=N)/C=C/NCc1ccnc(C(C)C)n1. The molecule has 0 fully saturated rings. The van der Waals surface area contributed by atoms with E-state index in [0.29, 0.717) is 18.2 Å². The second kappa shape index (κ2) is 9.41. The van der Waals surface area contributed by atoms with Crippen molar-refractivity contribution >= 4 is 11.9 Å². The molecular formula is C15H21N5O. The summed E-state index contributed by atoms with van der Waals surface area (Å²) < 4.78 is 0. The predicted octanol–water partition coefficient (Wildman–Crippen LogP) is 2.76. The van der Waals surface area contributed by atoms with Gasteiger partial charge in [0, 0.05) is 24.4 Å². The summed E-state index contributed by atoms with van der Waals surface area (Å²) in [5.41, 5.74) is 1.22. The van der Waals surface area contributed by atoms with Crippen LogP contribution in [0.4, 0.5) is 0 Å². The minimum absolute atomic E-state index is 0.305. The number of hydrogen-bond donors (Lipinski definition) is 2. The van der Waals surface area contributed by atoms with Crippen molar-refractivity contribution < 1.29 is 4.84 Å². The Kier molecular flexibility index (Phi) is 7.42. The molecule has 21 heavy (non-hydrogen) atoms. The van der Waals surface area contributed by atoms with Gasteiger partial charge < -0.3 is 15.6 Å². The molecule has 0 aliphatic rings. The van der Waals surface area contributed by atoms with E-state index >= 15 is 0 Å². The minimum atomic E-state index is 0.305. The highest BCUT2D eigenvalue weighted by Gasteiger charge is 2.02. The topological polar surface area (TPSA) is 83.2 Å². The molecule has 2 N–H and O–H groups in total. The van der Waals surface area contributed by atoms with Crippen molar-refractivity contribution in [2.75, 3.05) is 0 Å². The quantitative estimate of drug-likeness (QED) is 0.437. The van der Waals surface area contributed by atoms with Crippen LogP contribution in [0.5, 0.6) is 0 Å². The highest BCUT2D eigenvalue weighted by Crippen LogP contribution is 2.07. The molecule has 1 aromatic heterocycles. The van der Waals surface area contributed by atoms with Gasteiger partial charge in [-0.15, -0.1) is 0 Å². The predicted molar refractivity (Wildman–Crippen MR) is 84.2 cm³/mol. The summed E-state index contributed by atoms with van der Waals surface area (Å²) >= 11 is 0. The van der Waals surface area contributed by atoms with Gasteiger partial charge in [0.05, 0.1) is 18.0 Å². The Morgan fingerprint density at radius 1 is 1.48 bits per heavy atom. The van der Waals surface area contributed by atoms with Gasteiger partial charge in [-0.1, -0.05) is 19.0 Å². The molecule has 0 radical (unpaired) electrons. The molecular weight excluding hydrogens is 266 g/mol. The smallest absolute Gasteiger partial charge is 0.131 e. The summed E-state index contributed by atoms with van der Waals surface area (Å²) in [6.07, 6.45) is 9.48. The highest BCUT2D eigenvalue weighted by molar-refractivity contribution is 6.01. The fourth-order valence-electron chi connectivity index (χ4n) is 1.36. The Hall–Kier alpha value is -2.50. The summed E-state index contributed by atoms with van der Waals surface area (Å²) in [7, 11) is 0. The van der Waals surface area contributed by atoms with Gasteiger partial charge in [0.1, 0.15) is 12.1 Å². The first kappa shape index (κ1) is 16.6. The van der Waals surface area contributed by atoms with Crippen molar-refractivity contribution in [1.29, 1.82) is 5.41 Å². The van der Waals surface area contributed by atoms with E-state index in [0.717, 1.165) is 11.5 Å². The zero-order chi connectivity index (χ0) is 15.5. The highest BCUT2D eigenvalue weighted by atomic mass is 16.6. The molecule has 1 heterocycles. The standard InChI is InChI=1S/C15H21N5O/c1-4-19-21-10-7-13(16)5-8-17-11-14-6-9-18-15(20-14)12(2)3/h4-10,12,16-17H,11H2,1-3H3/b8-5+,10-7+,16-13?,19-4+. The zero-order valence-electron chi connectivity index (χ0n) is 12.6. The third kappa shape index (κ3) is 7.00. The largest absolute Gasteiger partial charge is 0.385 e. The van der Waals surface area contributed by atoms with Crippen LogP contribution in [0, 0.1) is 5.41 Å². The first-order valence-corrected chi connectivity index (χ1v) is 6.74. The lowest BCUT2D eigenvalue weighted by Gasteiger charge is -2.05. The molecule has 0 aliphatic carbocycles. The normalized spacial score (nSPS) is 11.8. The maximum absolute atomic E-state index is 7.63. The molecule has 0 saturated heterocycles.